The van der Waals surface area contributed by atoms with Gasteiger partial charge in [-0.05, 0) is 66.4 Å². The molecule has 0 aromatic carbocycles. The minimum absolute atomic E-state index is 0.00626. The number of fused-ring (bicyclic) bond motifs is 7. The van der Waals surface area contributed by atoms with Crippen LogP contribution in [-0.4, -0.2) is 24.3 Å². The van der Waals surface area contributed by atoms with E-state index in [0.29, 0.717) is 23.7 Å². The third kappa shape index (κ3) is 1.86. The molecule has 5 rings (SSSR count). The summed E-state index contributed by atoms with van der Waals surface area (Å²) in [6.45, 7) is 6.87. The van der Waals surface area contributed by atoms with Crippen molar-refractivity contribution in [3.63, 3.8) is 0 Å². The number of rotatable bonds is 2. The van der Waals surface area contributed by atoms with Crippen molar-refractivity contribution in [1.29, 1.82) is 0 Å². The van der Waals surface area contributed by atoms with Crippen LogP contribution in [0.4, 0.5) is 0 Å². The van der Waals surface area contributed by atoms with Gasteiger partial charge in [-0.3, -0.25) is 4.79 Å². The molecule has 3 nitrogen and oxygen atoms in total. The Hall–Kier alpha value is -1.22. The Morgan fingerprint density at radius 2 is 2.04 bits per heavy atom. The number of allylic oxidation sites excluding steroid dienone is 2. The zero-order chi connectivity index (χ0) is 17.6. The lowest BCUT2D eigenvalue weighted by Gasteiger charge is -2.55. The lowest BCUT2D eigenvalue weighted by molar-refractivity contribution is -0.116. The second-order valence-corrected chi connectivity index (χ2v) is 9.64. The fourth-order valence-electron chi connectivity index (χ4n) is 7.37. The molecular weight excluding hydrogens is 312 g/mol. The van der Waals surface area contributed by atoms with E-state index in [9.17, 15) is 9.59 Å². The van der Waals surface area contributed by atoms with E-state index in [1.807, 2.05) is 6.08 Å². The quantitative estimate of drug-likeness (QED) is 0.568. The van der Waals surface area contributed by atoms with Crippen LogP contribution in [0.5, 0.6) is 0 Å². The lowest BCUT2D eigenvalue weighted by atomic mass is 9.48. The molecule has 0 spiro atoms. The Morgan fingerprint density at radius 1 is 1.24 bits per heavy atom. The molecule has 0 amide bonds. The van der Waals surface area contributed by atoms with Gasteiger partial charge in [0.1, 0.15) is 18.5 Å². The summed E-state index contributed by atoms with van der Waals surface area (Å²) in [4.78, 5) is 23.5. The molecule has 0 aromatic rings. The van der Waals surface area contributed by atoms with Crippen molar-refractivity contribution in [3.8, 4) is 0 Å². The molecule has 0 radical (unpaired) electrons. The van der Waals surface area contributed by atoms with Gasteiger partial charge in [-0.15, -0.1) is 0 Å². The van der Waals surface area contributed by atoms with Crippen LogP contribution in [0.3, 0.4) is 0 Å². The van der Waals surface area contributed by atoms with Crippen LogP contribution in [0.15, 0.2) is 23.8 Å². The minimum Gasteiger partial charge on any atom is -0.360 e. The lowest BCUT2D eigenvalue weighted by Crippen LogP contribution is -2.51. The molecule has 1 saturated heterocycles. The Morgan fingerprint density at radius 3 is 2.80 bits per heavy atom. The van der Waals surface area contributed by atoms with Crippen molar-refractivity contribution in [1.82, 2.24) is 0 Å². The van der Waals surface area contributed by atoms with E-state index in [-0.39, 0.29) is 34.7 Å². The monoisotopic (exact) mass is 340 g/mol. The van der Waals surface area contributed by atoms with Gasteiger partial charge in [-0.25, -0.2) is 0 Å². The summed E-state index contributed by atoms with van der Waals surface area (Å²) in [6, 6.07) is 0. The molecule has 2 unspecified atom stereocenters. The van der Waals surface area contributed by atoms with Crippen molar-refractivity contribution >= 4 is 12.1 Å². The van der Waals surface area contributed by atoms with Crippen molar-refractivity contribution in [3.05, 3.63) is 23.8 Å². The Kier molecular flexibility index (Phi) is 3.16. The third-order valence-electron chi connectivity index (χ3n) is 8.81. The molecule has 3 heteroatoms. The van der Waals surface area contributed by atoms with Crippen LogP contribution < -0.4 is 0 Å². The second-order valence-electron chi connectivity index (χ2n) is 9.64. The maximum atomic E-state index is 12.1. The molecule has 134 valence electrons. The van der Waals surface area contributed by atoms with Gasteiger partial charge in [0.2, 0.25) is 0 Å². The van der Waals surface area contributed by atoms with E-state index in [1.54, 1.807) is 0 Å². The number of epoxide rings is 1. The highest BCUT2D eigenvalue weighted by Crippen LogP contribution is 2.67. The van der Waals surface area contributed by atoms with E-state index in [0.717, 1.165) is 0 Å². The largest absolute Gasteiger partial charge is 0.360 e. The summed E-state index contributed by atoms with van der Waals surface area (Å²) >= 11 is 0. The van der Waals surface area contributed by atoms with Crippen molar-refractivity contribution < 1.29 is 14.3 Å². The Bertz CT molecular complexity index is 706. The first-order valence-corrected chi connectivity index (χ1v) is 9.96. The minimum atomic E-state index is -0.180. The summed E-state index contributed by atoms with van der Waals surface area (Å²) in [5.74, 6) is 2.61. The summed E-state index contributed by atoms with van der Waals surface area (Å²) in [7, 11) is 0. The van der Waals surface area contributed by atoms with Gasteiger partial charge >= 0.3 is 0 Å². The Labute approximate surface area is 149 Å². The molecule has 0 aromatic heterocycles. The molecule has 3 fully saturated rings. The number of ketones is 1. The molecule has 25 heavy (non-hydrogen) atoms. The molecular formula is C22H28O3. The maximum Gasteiger partial charge on any atom is 0.187 e. The first kappa shape index (κ1) is 16.0. The van der Waals surface area contributed by atoms with Crippen LogP contribution in [-0.2, 0) is 14.3 Å². The second kappa shape index (κ2) is 4.94. The number of hydrogen-bond acceptors (Lipinski definition) is 3. The number of aldehydes is 1. The first-order valence-electron chi connectivity index (χ1n) is 9.96. The normalized spacial score (nSPS) is 53.9. The van der Waals surface area contributed by atoms with Gasteiger partial charge in [0, 0.05) is 11.3 Å². The molecule has 0 bridgehead atoms. The molecule has 5 aliphatic rings. The number of carbonyl (C=O) groups excluding carboxylic acids is 2. The van der Waals surface area contributed by atoms with Crippen LogP contribution in [0.1, 0.15) is 46.5 Å². The summed E-state index contributed by atoms with van der Waals surface area (Å²) in [5.41, 5.74) is 1.46. The van der Waals surface area contributed by atoms with Gasteiger partial charge in [0.25, 0.3) is 0 Å². The molecule has 1 heterocycles. The number of ether oxygens (including phenoxy) is 1. The molecule has 1 aliphatic heterocycles. The maximum absolute atomic E-state index is 12.1. The fraction of sp³-hybridized carbons (Fsp3) is 0.727. The predicted octanol–water partition coefficient (Wildman–Crippen LogP) is 3.73. The molecule has 0 N–H and O–H groups in total. The fourth-order valence-corrected chi connectivity index (χ4v) is 7.37. The van der Waals surface area contributed by atoms with Crippen molar-refractivity contribution in [2.24, 2.45) is 40.4 Å². The topological polar surface area (TPSA) is 46.7 Å². The highest BCUT2D eigenvalue weighted by Gasteiger charge is 2.66. The van der Waals surface area contributed by atoms with Gasteiger partial charge in [0.15, 0.2) is 5.78 Å². The average molecular weight is 340 g/mol. The van der Waals surface area contributed by atoms with Crippen LogP contribution >= 0.6 is 0 Å². The number of carbonyl (C=O) groups is 2. The SMILES string of the molecule is CC(C=O)[C@H]1CC[C@H]2[C@@H]3C=CC4=CC(=O)[C@H]5OC5[C@]4(C)[C@H]3CC[C@]12C. The summed E-state index contributed by atoms with van der Waals surface area (Å²) in [6.07, 6.45) is 12.3. The zero-order valence-corrected chi connectivity index (χ0v) is 15.4. The third-order valence-corrected chi connectivity index (χ3v) is 8.81. The highest BCUT2D eigenvalue weighted by molar-refractivity contribution is 5.98. The molecule has 9 atom stereocenters. The zero-order valence-electron chi connectivity index (χ0n) is 15.4. The predicted molar refractivity (Wildman–Crippen MR) is 94.8 cm³/mol. The van der Waals surface area contributed by atoms with Crippen molar-refractivity contribution in [2.45, 2.75) is 58.7 Å². The Balaban J connectivity index is 1.53. The van der Waals surface area contributed by atoms with E-state index >= 15 is 0 Å². The first-order chi connectivity index (χ1) is 11.9. The van der Waals surface area contributed by atoms with Crippen LogP contribution in [0.25, 0.3) is 0 Å². The molecule has 4 aliphatic carbocycles. The highest BCUT2D eigenvalue weighted by atomic mass is 16.6. The number of hydrogen-bond donors (Lipinski definition) is 0. The van der Waals surface area contributed by atoms with E-state index < -0.39 is 0 Å². The van der Waals surface area contributed by atoms with Crippen molar-refractivity contribution in [2.75, 3.05) is 0 Å². The van der Waals surface area contributed by atoms with Gasteiger partial charge in [0.05, 0.1) is 0 Å². The van der Waals surface area contributed by atoms with Gasteiger partial charge in [-0.2, -0.15) is 0 Å². The van der Waals surface area contributed by atoms with Crippen LogP contribution in [0, 0.1) is 40.4 Å². The van der Waals surface area contributed by atoms with E-state index in [1.165, 1.54) is 37.5 Å². The smallest absolute Gasteiger partial charge is 0.187 e. The molecule has 2 saturated carbocycles. The van der Waals surface area contributed by atoms with Gasteiger partial charge < -0.3 is 9.53 Å². The average Bonchev–Trinajstić information content (AvgIpc) is 3.33. The van der Waals surface area contributed by atoms with E-state index in [2.05, 4.69) is 32.9 Å². The summed E-state index contributed by atoms with van der Waals surface area (Å²) in [5, 5.41) is 0. The van der Waals surface area contributed by atoms with E-state index in [4.69, 9.17) is 4.74 Å². The standard InChI is InChI=1S/C22H28O3/c1-12(11-23)15-6-7-16-14-5-4-13-10-18(24)19-20(25-19)22(13,3)17(14)8-9-21(15,16)2/h4-5,10-12,14-17,19-20H,6-9H2,1-3H3/t12?,14-,15+,16-,17-,19+,20?,21+,22-/m0/s1. The van der Waals surface area contributed by atoms with Crippen LogP contribution in [0.2, 0.25) is 0 Å². The van der Waals surface area contributed by atoms with Gasteiger partial charge in [-0.1, -0.05) is 32.9 Å². The summed E-state index contributed by atoms with van der Waals surface area (Å²) < 4.78 is 5.84.